The summed E-state index contributed by atoms with van der Waals surface area (Å²) in [5.74, 6) is 0. The Labute approximate surface area is 168 Å². The van der Waals surface area contributed by atoms with E-state index in [0.717, 1.165) is 0 Å². The van der Waals surface area contributed by atoms with Gasteiger partial charge in [0.2, 0.25) is 0 Å². The Morgan fingerprint density at radius 3 is 1.70 bits per heavy atom. The maximum atomic E-state index is 2.31. The predicted octanol–water partition coefficient (Wildman–Crippen LogP) is 7.63. The average molecular weight is 368 g/mol. The highest BCUT2D eigenvalue weighted by Gasteiger charge is 2.00. The third-order valence-corrected chi connectivity index (χ3v) is 5.68. The van der Waals surface area contributed by atoms with Gasteiger partial charge in [0.25, 0.3) is 0 Å². The van der Waals surface area contributed by atoms with Gasteiger partial charge in [0.15, 0.2) is 0 Å². The summed E-state index contributed by atoms with van der Waals surface area (Å²) in [6, 6.07) is 15.5. The number of benzene rings is 2. The molecule has 27 heavy (non-hydrogen) atoms. The molecule has 1 heteroatoms. The van der Waals surface area contributed by atoms with Crippen LogP contribution in [0.25, 0.3) is 10.8 Å². The molecule has 0 aromatic heterocycles. The van der Waals surface area contributed by atoms with Gasteiger partial charge in [-0.05, 0) is 56.2 Å². The van der Waals surface area contributed by atoms with E-state index >= 15 is 0 Å². The zero-order chi connectivity index (χ0) is 19.2. The third kappa shape index (κ3) is 9.42. The fourth-order valence-electron chi connectivity index (χ4n) is 4.02. The van der Waals surface area contributed by atoms with E-state index in [9.17, 15) is 0 Å². The average Bonchev–Trinajstić information content (AvgIpc) is 2.68. The second-order valence-electron chi connectivity index (χ2n) is 8.43. The van der Waals surface area contributed by atoms with Crippen LogP contribution in [0.5, 0.6) is 0 Å². The highest BCUT2D eigenvalue weighted by Crippen LogP contribution is 2.21. The van der Waals surface area contributed by atoms with Crippen LogP contribution in [0.3, 0.4) is 0 Å². The molecule has 0 saturated carbocycles. The molecule has 0 amide bonds. The van der Waals surface area contributed by atoms with Crippen molar-refractivity contribution < 1.29 is 0 Å². The first-order valence-corrected chi connectivity index (χ1v) is 11.4. The van der Waals surface area contributed by atoms with Gasteiger partial charge in [0, 0.05) is 0 Å². The third-order valence-electron chi connectivity index (χ3n) is 5.68. The summed E-state index contributed by atoms with van der Waals surface area (Å²) in [4.78, 5) is 2.29. The topological polar surface area (TPSA) is 3.24 Å². The molecular formula is C26H41N. The van der Waals surface area contributed by atoms with Gasteiger partial charge in [-0.25, -0.2) is 0 Å². The number of unbranched alkanes of at least 4 members (excludes halogenated alkanes) is 11. The van der Waals surface area contributed by atoms with E-state index in [0.29, 0.717) is 0 Å². The molecule has 0 aliphatic carbocycles. The van der Waals surface area contributed by atoms with E-state index < -0.39 is 0 Å². The first kappa shape index (κ1) is 22.0. The number of rotatable bonds is 15. The molecule has 0 aliphatic rings. The predicted molar refractivity (Wildman–Crippen MR) is 122 cm³/mol. The molecule has 2 rings (SSSR count). The van der Waals surface area contributed by atoms with E-state index in [1.54, 1.807) is 0 Å². The van der Waals surface area contributed by atoms with Crippen LogP contribution in [0.15, 0.2) is 42.5 Å². The van der Waals surface area contributed by atoms with Crippen molar-refractivity contribution in [2.24, 2.45) is 0 Å². The summed E-state index contributed by atoms with van der Waals surface area (Å²) in [5, 5.41) is 2.83. The molecule has 0 heterocycles. The fraction of sp³-hybridized carbons (Fsp3) is 0.615. The highest BCUT2D eigenvalue weighted by atomic mass is 15.0. The Hall–Kier alpha value is -1.34. The van der Waals surface area contributed by atoms with Crippen molar-refractivity contribution in [3.05, 3.63) is 48.0 Å². The number of hydrogen-bond donors (Lipinski definition) is 0. The molecule has 1 nitrogen and oxygen atoms in total. The Morgan fingerprint density at radius 1 is 0.556 bits per heavy atom. The van der Waals surface area contributed by atoms with Gasteiger partial charge in [-0.15, -0.1) is 0 Å². The van der Waals surface area contributed by atoms with Crippen LogP contribution in [-0.4, -0.2) is 25.5 Å². The molecule has 0 bridgehead atoms. The van der Waals surface area contributed by atoms with Crippen molar-refractivity contribution in [3.8, 4) is 0 Å². The zero-order valence-electron chi connectivity index (χ0n) is 17.9. The van der Waals surface area contributed by atoms with Crippen LogP contribution in [0, 0.1) is 0 Å². The molecule has 0 fully saturated rings. The SMILES string of the molecule is CN(C)CCCCCCCCCCCCCCc1cccc2ccccc12. The smallest absolute Gasteiger partial charge is 0.00248 e. The molecule has 150 valence electrons. The normalized spacial score (nSPS) is 11.5. The van der Waals surface area contributed by atoms with E-state index in [2.05, 4.69) is 61.5 Å². The van der Waals surface area contributed by atoms with Crippen molar-refractivity contribution in [2.45, 2.75) is 83.5 Å². The van der Waals surface area contributed by atoms with Crippen LogP contribution in [0.2, 0.25) is 0 Å². The van der Waals surface area contributed by atoms with Gasteiger partial charge in [-0.3, -0.25) is 0 Å². The summed E-state index contributed by atoms with van der Waals surface area (Å²) in [6.45, 7) is 1.25. The Bertz CT molecular complexity index is 611. The van der Waals surface area contributed by atoms with E-state index in [-0.39, 0.29) is 0 Å². The van der Waals surface area contributed by atoms with Gasteiger partial charge in [0.1, 0.15) is 0 Å². The molecule has 0 atom stereocenters. The van der Waals surface area contributed by atoms with Crippen molar-refractivity contribution in [3.63, 3.8) is 0 Å². The molecule has 0 N–H and O–H groups in total. The lowest BCUT2D eigenvalue weighted by atomic mass is 9.99. The van der Waals surface area contributed by atoms with Gasteiger partial charge < -0.3 is 4.90 Å². The highest BCUT2D eigenvalue weighted by molar-refractivity contribution is 5.85. The largest absolute Gasteiger partial charge is 0.309 e. The van der Waals surface area contributed by atoms with E-state index in [4.69, 9.17) is 0 Å². The van der Waals surface area contributed by atoms with Crippen molar-refractivity contribution >= 4 is 10.8 Å². The summed E-state index contributed by atoms with van der Waals surface area (Å²) >= 11 is 0. The first-order valence-electron chi connectivity index (χ1n) is 11.4. The lowest BCUT2D eigenvalue weighted by molar-refractivity contribution is 0.389. The van der Waals surface area contributed by atoms with Crippen molar-refractivity contribution in [2.75, 3.05) is 20.6 Å². The molecule has 2 aromatic carbocycles. The second kappa shape index (κ2) is 13.8. The zero-order valence-corrected chi connectivity index (χ0v) is 17.9. The van der Waals surface area contributed by atoms with Gasteiger partial charge in [-0.2, -0.15) is 0 Å². The number of aryl methyl sites for hydroxylation is 1. The maximum Gasteiger partial charge on any atom is -0.00248 e. The minimum Gasteiger partial charge on any atom is -0.309 e. The van der Waals surface area contributed by atoms with Crippen molar-refractivity contribution in [1.29, 1.82) is 0 Å². The Kier molecular flexibility index (Phi) is 11.2. The minimum atomic E-state index is 1.23. The Morgan fingerprint density at radius 2 is 1.07 bits per heavy atom. The second-order valence-corrected chi connectivity index (χ2v) is 8.43. The summed E-state index contributed by atoms with van der Waals surface area (Å²) in [5.41, 5.74) is 1.53. The van der Waals surface area contributed by atoms with Crippen molar-refractivity contribution in [1.82, 2.24) is 4.90 Å². The standard InChI is InChI=1S/C26H41N/c1-27(2)23-16-12-10-8-6-4-3-5-7-9-11-13-18-24-20-17-21-25-19-14-15-22-26(24)25/h14-15,17,19-22H,3-13,16,18,23H2,1-2H3. The summed E-state index contributed by atoms with van der Waals surface area (Å²) < 4.78 is 0. The summed E-state index contributed by atoms with van der Waals surface area (Å²) in [6.07, 6.45) is 18.2. The van der Waals surface area contributed by atoms with Crippen LogP contribution < -0.4 is 0 Å². The summed E-state index contributed by atoms with van der Waals surface area (Å²) in [7, 11) is 4.34. The molecule has 0 saturated heterocycles. The van der Waals surface area contributed by atoms with E-state index in [1.165, 1.54) is 106 Å². The molecule has 0 spiro atoms. The van der Waals surface area contributed by atoms with Crippen LogP contribution in [0.1, 0.15) is 82.6 Å². The first-order chi connectivity index (χ1) is 13.3. The number of nitrogens with zero attached hydrogens (tertiary/aromatic N) is 1. The molecule has 0 unspecified atom stereocenters. The molecule has 0 aliphatic heterocycles. The van der Waals surface area contributed by atoms with Crippen LogP contribution >= 0.6 is 0 Å². The number of fused-ring (bicyclic) bond motifs is 1. The quantitative estimate of drug-likeness (QED) is 0.292. The van der Waals surface area contributed by atoms with Crippen LogP contribution in [-0.2, 0) is 6.42 Å². The van der Waals surface area contributed by atoms with Crippen LogP contribution in [0.4, 0.5) is 0 Å². The lowest BCUT2D eigenvalue weighted by Gasteiger charge is -2.08. The monoisotopic (exact) mass is 367 g/mol. The molecule has 2 aromatic rings. The number of hydrogen-bond acceptors (Lipinski definition) is 1. The fourth-order valence-corrected chi connectivity index (χ4v) is 4.02. The molecule has 0 radical (unpaired) electrons. The van der Waals surface area contributed by atoms with E-state index in [1.807, 2.05) is 0 Å². The molecular weight excluding hydrogens is 326 g/mol. The Balaban J connectivity index is 1.41. The maximum absolute atomic E-state index is 2.31. The van der Waals surface area contributed by atoms with Gasteiger partial charge >= 0.3 is 0 Å². The lowest BCUT2D eigenvalue weighted by Crippen LogP contribution is -2.12. The minimum absolute atomic E-state index is 1.23. The van der Waals surface area contributed by atoms with Gasteiger partial charge in [0.05, 0.1) is 0 Å². The van der Waals surface area contributed by atoms with Gasteiger partial charge in [-0.1, -0.05) is 107 Å².